The second kappa shape index (κ2) is 8.26. The van der Waals surface area contributed by atoms with E-state index >= 15 is 0 Å². The lowest BCUT2D eigenvalue weighted by atomic mass is 9.78. The van der Waals surface area contributed by atoms with Crippen LogP contribution in [-0.2, 0) is 24.4 Å². The van der Waals surface area contributed by atoms with Gasteiger partial charge in [0.2, 0.25) is 0 Å². The summed E-state index contributed by atoms with van der Waals surface area (Å²) >= 11 is 0. The summed E-state index contributed by atoms with van der Waals surface area (Å²) in [6, 6.07) is 8.84. The highest BCUT2D eigenvalue weighted by atomic mass is 31.2. The molecule has 0 fully saturated rings. The summed E-state index contributed by atoms with van der Waals surface area (Å²) < 4.78 is 24.5. The van der Waals surface area contributed by atoms with E-state index in [9.17, 15) is 9.67 Å². The molecule has 1 unspecified atom stereocenters. The number of anilines is 2. The zero-order valence-corrected chi connectivity index (χ0v) is 20.1. The first-order valence-electron chi connectivity index (χ1n) is 9.89. The monoisotopic (exact) mass is 434 g/mol. The van der Waals surface area contributed by atoms with E-state index < -0.39 is 13.3 Å². The van der Waals surface area contributed by atoms with Crippen molar-refractivity contribution in [3.8, 4) is 5.75 Å². The Bertz CT molecular complexity index is 931. The first-order valence-corrected chi connectivity index (χ1v) is 11.5. The van der Waals surface area contributed by atoms with Gasteiger partial charge in [0.15, 0.2) is 0 Å². The number of rotatable bonds is 5. The number of benzene rings is 2. The van der Waals surface area contributed by atoms with Gasteiger partial charge in [-0.25, -0.2) is 0 Å². The Hall–Kier alpha value is -2.01. The minimum atomic E-state index is -3.64. The first kappa shape index (κ1) is 24.3. The third kappa shape index (κ3) is 4.66. The Labute approximate surface area is 180 Å². The van der Waals surface area contributed by atoms with E-state index in [1.165, 1.54) is 14.2 Å². The Morgan fingerprint density at radius 3 is 1.73 bits per heavy atom. The molecule has 7 heteroatoms. The molecule has 0 aromatic heterocycles. The van der Waals surface area contributed by atoms with Gasteiger partial charge in [0.1, 0.15) is 11.4 Å². The largest absolute Gasteiger partial charge is 0.507 e. The van der Waals surface area contributed by atoms with Crippen LogP contribution >= 0.6 is 7.60 Å². The summed E-state index contributed by atoms with van der Waals surface area (Å²) in [5, 5.41) is 11.1. The smallest absolute Gasteiger partial charge is 0.342 e. The van der Waals surface area contributed by atoms with Gasteiger partial charge in [0, 0.05) is 25.6 Å². The highest BCUT2D eigenvalue weighted by Crippen LogP contribution is 2.64. The van der Waals surface area contributed by atoms with Crippen LogP contribution in [0.2, 0.25) is 0 Å². The molecule has 2 aromatic rings. The van der Waals surface area contributed by atoms with Crippen LogP contribution in [0.25, 0.3) is 0 Å². The molecule has 0 radical (unpaired) electrons. The van der Waals surface area contributed by atoms with E-state index in [0.29, 0.717) is 22.5 Å². The molecule has 30 heavy (non-hydrogen) atoms. The lowest BCUT2D eigenvalue weighted by molar-refractivity contribution is 0.269. The van der Waals surface area contributed by atoms with Gasteiger partial charge in [-0.2, -0.15) is 0 Å². The van der Waals surface area contributed by atoms with Crippen molar-refractivity contribution < 1.29 is 18.7 Å². The molecular weight excluding hydrogens is 399 g/mol. The molecule has 1 atom stereocenters. The number of hydrogen-bond donors (Lipinski definition) is 3. The SMILES string of the molecule is COP(=O)(OC)C(c1cc(C(C)(C)C)c(O)c(C(C)(C)C)c1)c1ccc(N)cc1N. The summed E-state index contributed by atoms with van der Waals surface area (Å²) in [7, 11) is -0.916. The fraction of sp³-hybridized carbons (Fsp3) is 0.478. The van der Waals surface area contributed by atoms with E-state index in [0.717, 1.165) is 11.1 Å². The number of nitrogens with two attached hydrogens (primary N) is 2. The molecule has 0 saturated carbocycles. The normalized spacial score (nSPS) is 14.0. The summed E-state index contributed by atoms with van der Waals surface area (Å²) in [5.74, 6) is 0.243. The molecule has 0 heterocycles. The average Bonchev–Trinajstić information content (AvgIpc) is 2.62. The lowest BCUT2D eigenvalue weighted by Crippen LogP contribution is -2.19. The van der Waals surface area contributed by atoms with Crippen molar-refractivity contribution in [2.45, 2.75) is 58.0 Å². The fourth-order valence-electron chi connectivity index (χ4n) is 3.62. The third-order valence-corrected chi connectivity index (χ3v) is 7.52. The van der Waals surface area contributed by atoms with Crippen molar-refractivity contribution in [1.82, 2.24) is 0 Å². The van der Waals surface area contributed by atoms with Crippen LogP contribution in [0.1, 0.15) is 69.5 Å². The van der Waals surface area contributed by atoms with Crippen LogP contribution in [0.3, 0.4) is 0 Å². The van der Waals surface area contributed by atoms with E-state index in [4.69, 9.17) is 20.5 Å². The molecule has 0 saturated heterocycles. The fourth-order valence-corrected chi connectivity index (χ4v) is 5.28. The molecule has 5 N–H and O–H groups in total. The number of aromatic hydroxyl groups is 1. The number of hydrogen-bond acceptors (Lipinski definition) is 6. The molecule has 0 aliphatic heterocycles. The summed E-state index contributed by atoms with van der Waals surface area (Å²) in [5.41, 5.74) is 14.4. The maximum Gasteiger partial charge on any atom is 0.342 e. The van der Waals surface area contributed by atoms with Gasteiger partial charge < -0.3 is 25.6 Å². The molecule has 0 bridgehead atoms. The number of nitrogen functional groups attached to an aromatic ring is 2. The highest BCUT2D eigenvalue weighted by Gasteiger charge is 2.40. The average molecular weight is 435 g/mol. The van der Waals surface area contributed by atoms with Crippen LogP contribution < -0.4 is 11.5 Å². The first-order chi connectivity index (χ1) is 13.7. The number of phenolic OH excluding ortho intramolecular Hbond substituents is 1. The third-order valence-electron chi connectivity index (χ3n) is 5.29. The Morgan fingerprint density at radius 2 is 1.37 bits per heavy atom. The maximum atomic E-state index is 13.7. The molecule has 0 spiro atoms. The van der Waals surface area contributed by atoms with Crippen molar-refractivity contribution in [2.24, 2.45) is 0 Å². The van der Waals surface area contributed by atoms with E-state index in [1.54, 1.807) is 18.2 Å². The molecule has 166 valence electrons. The molecule has 2 aromatic carbocycles. The predicted molar refractivity (Wildman–Crippen MR) is 124 cm³/mol. The van der Waals surface area contributed by atoms with E-state index in [1.807, 2.05) is 53.7 Å². The second-order valence-corrected chi connectivity index (χ2v) is 12.0. The Balaban J connectivity index is 2.96. The van der Waals surface area contributed by atoms with Crippen LogP contribution in [0.4, 0.5) is 11.4 Å². The molecule has 2 rings (SSSR count). The molecular formula is C23H35N2O4P. The molecule has 0 amide bonds. The van der Waals surface area contributed by atoms with E-state index in [-0.39, 0.29) is 16.6 Å². The van der Waals surface area contributed by atoms with Gasteiger partial charge >= 0.3 is 7.60 Å². The van der Waals surface area contributed by atoms with Gasteiger partial charge in [0.25, 0.3) is 0 Å². The van der Waals surface area contributed by atoms with Gasteiger partial charge in [-0.15, -0.1) is 0 Å². The quantitative estimate of drug-likeness (QED) is 0.410. The van der Waals surface area contributed by atoms with Crippen LogP contribution in [0, 0.1) is 0 Å². The topological polar surface area (TPSA) is 108 Å². The second-order valence-electron chi connectivity index (χ2n) is 9.66. The van der Waals surface area contributed by atoms with Crippen molar-refractivity contribution in [3.63, 3.8) is 0 Å². The molecule has 6 nitrogen and oxygen atoms in total. The minimum absolute atomic E-state index is 0.243. The maximum absolute atomic E-state index is 13.7. The minimum Gasteiger partial charge on any atom is -0.507 e. The van der Waals surface area contributed by atoms with Crippen molar-refractivity contribution in [1.29, 1.82) is 0 Å². The zero-order valence-electron chi connectivity index (χ0n) is 19.2. The van der Waals surface area contributed by atoms with Gasteiger partial charge in [-0.1, -0.05) is 59.7 Å². The summed E-state index contributed by atoms with van der Waals surface area (Å²) in [6.45, 7) is 12.1. The van der Waals surface area contributed by atoms with Gasteiger partial charge in [-0.05, 0) is 45.2 Å². The Morgan fingerprint density at radius 1 is 0.900 bits per heavy atom. The van der Waals surface area contributed by atoms with Crippen molar-refractivity contribution in [2.75, 3.05) is 25.7 Å². The summed E-state index contributed by atoms with van der Waals surface area (Å²) in [6.07, 6.45) is 0. The van der Waals surface area contributed by atoms with Crippen molar-refractivity contribution in [3.05, 3.63) is 52.6 Å². The highest BCUT2D eigenvalue weighted by molar-refractivity contribution is 7.54. The Kier molecular flexibility index (Phi) is 6.68. The standard InChI is InChI=1S/C23H35N2O4P/c1-22(2,3)17-11-14(12-18(20(17)26)23(4,5)6)21(30(27,28-7)29-8)16-10-9-15(24)13-19(16)25/h9-13,21,26H,24-25H2,1-8H3. The predicted octanol–water partition coefficient (Wildman–Crippen LogP) is 5.73. The van der Waals surface area contributed by atoms with Crippen LogP contribution in [0.15, 0.2) is 30.3 Å². The van der Waals surface area contributed by atoms with Gasteiger partial charge in [0.05, 0.1) is 0 Å². The van der Waals surface area contributed by atoms with E-state index in [2.05, 4.69) is 0 Å². The van der Waals surface area contributed by atoms with Crippen LogP contribution in [0.5, 0.6) is 5.75 Å². The van der Waals surface area contributed by atoms with Gasteiger partial charge in [-0.3, -0.25) is 4.57 Å². The van der Waals surface area contributed by atoms with Crippen molar-refractivity contribution >= 4 is 19.0 Å². The van der Waals surface area contributed by atoms with Crippen LogP contribution in [-0.4, -0.2) is 19.3 Å². The lowest BCUT2D eigenvalue weighted by Gasteiger charge is -2.32. The molecule has 0 aliphatic carbocycles. The zero-order chi connectivity index (χ0) is 23.1. The summed E-state index contributed by atoms with van der Waals surface area (Å²) in [4.78, 5) is 0. The molecule has 0 aliphatic rings. The number of phenols is 1.